The number of amides is 1. The highest BCUT2D eigenvalue weighted by Gasteiger charge is 2.27. The average molecular weight is 250 g/mol. The minimum absolute atomic E-state index is 0.0832. The van der Waals surface area contributed by atoms with Gasteiger partial charge in [-0.25, -0.2) is 4.98 Å². The molecule has 1 aromatic heterocycles. The van der Waals surface area contributed by atoms with Crippen LogP contribution in [0.25, 0.3) is 0 Å². The van der Waals surface area contributed by atoms with E-state index >= 15 is 0 Å². The molecule has 1 atom stereocenters. The molecular weight excluding hydrogens is 232 g/mol. The number of piperidine rings is 1. The van der Waals surface area contributed by atoms with Gasteiger partial charge in [-0.1, -0.05) is 0 Å². The maximum atomic E-state index is 12.1. The average Bonchev–Trinajstić information content (AvgIpc) is 2.38. The van der Waals surface area contributed by atoms with Crippen molar-refractivity contribution in [3.05, 3.63) is 24.0 Å². The summed E-state index contributed by atoms with van der Waals surface area (Å²) in [7, 11) is 0. The van der Waals surface area contributed by atoms with Gasteiger partial charge in [0.25, 0.3) is 5.91 Å². The van der Waals surface area contributed by atoms with Gasteiger partial charge in [0, 0.05) is 19.3 Å². The molecule has 1 saturated heterocycles. The van der Waals surface area contributed by atoms with Gasteiger partial charge in [0.1, 0.15) is 5.75 Å². The highest BCUT2D eigenvalue weighted by atomic mass is 16.3. The molecule has 1 amide bonds. The van der Waals surface area contributed by atoms with Gasteiger partial charge < -0.3 is 15.1 Å². The number of hydrogen-bond acceptors (Lipinski definition) is 4. The molecule has 2 rings (SSSR count). The van der Waals surface area contributed by atoms with E-state index in [-0.39, 0.29) is 29.4 Å². The normalized spacial score (nSPS) is 18.7. The molecule has 1 fully saturated rings. The summed E-state index contributed by atoms with van der Waals surface area (Å²) in [6.45, 7) is 2.99. The summed E-state index contributed by atoms with van der Waals surface area (Å²) >= 11 is 0. The lowest BCUT2D eigenvalue weighted by molar-refractivity contribution is 0.0514. The van der Waals surface area contributed by atoms with Gasteiger partial charge in [-0.3, -0.25) is 4.79 Å². The predicted octanol–water partition coefficient (Wildman–Crippen LogP) is 1.02. The lowest BCUT2D eigenvalue weighted by Crippen LogP contribution is -2.41. The van der Waals surface area contributed by atoms with Gasteiger partial charge in [-0.05, 0) is 37.8 Å². The lowest BCUT2D eigenvalue weighted by atomic mass is 9.92. The number of carbonyl (C=O) groups excluding carboxylic acids is 1. The zero-order valence-corrected chi connectivity index (χ0v) is 10.4. The molecule has 0 aromatic carbocycles. The molecule has 0 aliphatic carbocycles. The Kier molecular flexibility index (Phi) is 3.81. The van der Waals surface area contributed by atoms with Crippen molar-refractivity contribution in [2.45, 2.75) is 25.9 Å². The Balaban J connectivity index is 2.02. The molecule has 0 radical (unpaired) electrons. The number of pyridine rings is 1. The van der Waals surface area contributed by atoms with Gasteiger partial charge >= 0.3 is 0 Å². The molecule has 0 saturated carbocycles. The minimum Gasteiger partial charge on any atom is -0.505 e. The Morgan fingerprint density at radius 2 is 2.17 bits per heavy atom. The molecule has 1 unspecified atom stereocenters. The lowest BCUT2D eigenvalue weighted by Gasteiger charge is -2.33. The summed E-state index contributed by atoms with van der Waals surface area (Å²) in [4.78, 5) is 17.7. The van der Waals surface area contributed by atoms with Gasteiger partial charge in [0.05, 0.1) is 6.10 Å². The third kappa shape index (κ3) is 2.61. The summed E-state index contributed by atoms with van der Waals surface area (Å²) in [6.07, 6.45) is 2.74. The fraction of sp³-hybridized carbons (Fsp3) is 0.538. The van der Waals surface area contributed by atoms with E-state index in [2.05, 4.69) is 4.98 Å². The largest absolute Gasteiger partial charge is 0.505 e. The van der Waals surface area contributed by atoms with Crippen LogP contribution < -0.4 is 0 Å². The van der Waals surface area contributed by atoms with Crippen molar-refractivity contribution in [1.82, 2.24) is 9.88 Å². The molecule has 0 bridgehead atoms. The third-order valence-electron chi connectivity index (χ3n) is 3.50. The number of aromatic hydroxyl groups is 1. The van der Waals surface area contributed by atoms with Gasteiger partial charge in [-0.2, -0.15) is 0 Å². The van der Waals surface area contributed by atoms with Crippen molar-refractivity contribution in [1.29, 1.82) is 0 Å². The van der Waals surface area contributed by atoms with E-state index in [1.165, 1.54) is 12.3 Å². The van der Waals surface area contributed by atoms with Gasteiger partial charge in [0.15, 0.2) is 5.69 Å². The van der Waals surface area contributed by atoms with E-state index in [0.717, 1.165) is 12.8 Å². The zero-order chi connectivity index (χ0) is 13.1. The number of aromatic nitrogens is 1. The summed E-state index contributed by atoms with van der Waals surface area (Å²) in [5, 5.41) is 19.1. The van der Waals surface area contributed by atoms with Crippen molar-refractivity contribution in [2.75, 3.05) is 13.1 Å². The highest BCUT2D eigenvalue weighted by Crippen LogP contribution is 2.23. The molecule has 0 spiro atoms. The van der Waals surface area contributed by atoms with Crippen LogP contribution in [0.5, 0.6) is 5.75 Å². The van der Waals surface area contributed by atoms with Gasteiger partial charge in [0.2, 0.25) is 0 Å². The molecule has 1 aliphatic heterocycles. The number of aliphatic hydroxyl groups excluding tert-OH is 1. The highest BCUT2D eigenvalue weighted by molar-refractivity contribution is 5.94. The summed E-state index contributed by atoms with van der Waals surface area (Å²) in [5.74, 6) is -0.0660. The van der Waals surface area contributed by atoms with Crippen molar-refractivity contribution in [3.63, 3.8) is 0 Å². The first kappa shape index (κ1) is 12.8. The first-order valence-corrected chi connectivity index (χ1v) is 6.21. The van der Waals surface area contributed by atoms with Crippen molar-refractivity contribution in [2.24, 2.45) is 5.92 Å². The quantitative estimate of drug-likeness (QED) is 0.822. The van der Waals surface area contributed by atoms with Crippen molar-refractivity contribution >= 4 is 5.91 Å². The first-order valence-electron chi connectivity index (χ1n) is 6.21. The molecule has 2 heterocycles. The van der Waals surface area contributed by atoms with Crippen LogP contribution in [0, 0.1) is 5.92 Å². The van der Waals surface area contributed by atoms with Crippen LogP contribution in [0.15, 0.2) is 18.3 Å². The molecule has 18 heavy (non-hydrogen) atoms. The topological polar surface area (TPSA) is 73.7 Å². The molecule has 98 valence electrons. The molecule has 1 aliphatic rings. The molecular formula is C13H18N2O3. The van der Waals surface area contributed by atoms with E-state index in [4.69, 9.17) is 0 Å². The van der Waals surface area contributed by atoms with Crippen LogP contribution in [-0.2, 0) is 0 Å². The third-order valence-corrected chi connectivity index (χ3v) is 3.50. The molecule has 5 heteroatoms. The number of hydrogen-bond donors (Lipinski definition) is 2. The molecule has 1 aromatic rings. The smallest absolute Gasteiger partial charge is 0.276 e. The van der Waals surface area contributed by atoms with Crippen LogP contribution in [-0.4, -0.2) is 45.2 Å². The van der Waals surface area contributed by atoms with Crippen LogP contribution >= 0.6 is 0 Å². The number of aliphatic hydroxyl groups is 1. The molecule has 2 N–H and O–H groups in total. The van der Waals surface area contributed by atoms with E-state index in [9.17, 15) is 15.0 Å². The van der Waals surface area contributed by atoms with E-state index < -0.39 is 0 Å². The second-order valence-electron chi connectivity index (χ2n) is 4.74. The zero-order valence-electron chi connectivity index (χ0n) is 10.4. The van der Waals surface area contributed by atoms with Crippen LogP contribution in [0.2, 0.25) is 0 Å². The SMILES string of the molecule is CC(O)C1CCN(C(=O)c2ncccc2O)CC1. The van der Waals surface area contributed by atoms with Crippen molar-refractivity contribution in [3.8, 4) is 5.75 Å². The fourth-order valence-corrected chi connectivity index (χ4v) is 2.30. The Morgan fingerprint density at radius 1 is 1.50 bits per heavy atom. The van der Waals surface area contributed by atoms with E-state index in [0.29, 0.717) is 13.1 Å². The number of nitrogens with zero attached hydrogens (tertiary/aromatic N) is 2. The Bertz CT molecular complexity index is 426. The van der Waals surface area contributed by atoms with Crippen molar-refractivity contribution < 1.29 is 15.0 Å². The number of rotatable bonds is 2. The second-order valence-corrected chi connectivity index (χ2v) is 4.74. The Hall–Kier alpha value is -1.62. The summed E-state index contributed by atoms with van der Waals surface area (Å²) < 4.78 is 0. The standard InChI is InChI=1S/C13H18N2O3/c1-9(16)10-4-7-15(8-5-10)13(18)12-11(17)3-2-6-14-12/h2-3,6,9-10,16-17H,4-5,7-8H2,1H3. The number of likely N-dealkylation sites (tertiary alicyclic amines) is 1. The Morgan fingerprint density at radius 3 is 2.72 bits per heavy atom. The predicted molar refractivity (Wildman–Crippen MR) is 66.2 cm³/mol. The monoisotopic (exact) mass is 250 g/mol. The maximum absolute atomic E-state index is 12.1. The van der Waals surface area contributed by atoms with Crippen LogP contribution in [0.3, 0.4) is 0 Å². The first-order chi connectivity index (χ1) is 8.59. The fourth-order valence-electron chi connectivity index (χ4n) is 2.30. The maximum Gasteiger partial charge on any atom is 0.276 e. The van der Waals surface area contributed by atoms with Crippen LogP contribution in [0.1, 0.15) is 30.3 Å². The summed E-state index contributed by atoms with van der Waals surface area (Å²) in [5.41, 5.74) is 0.105. The van der Waals surface area contributed by atoms with E-state index in [1.54, 1.807) is 17.9 Å². The molecule has 5 nitrogen and oxygen atoms in total. The Labute approximate surface area is 106 Å². The van der Waals surface area contributed by atoms with E-state index in [1.807, 2.05) is 0 Å². The minimum atomic E-state index is -0.328. The number of carbonyl (C=O) groups is 1. The van der Waals surface area contributed by atoms with Crippen LogP contribution in [0.4, 0.5) is 0 Å². The van der Waals surface area contributed by atoms with Gasteiger partial charge in [-0.15, -0.1) is 0 Å². The second kappa shape index (κ2) is 5.35. The summed E-state index contributed by atoms with van der Waals surface area (Å²) in [6, 6.07) is 3.05.